The zero-order valence-electron chi connectivity index (χ0n) is 11.0. The molecule has 0 aliphatic carbocycles. The molecule has 3 rings (SSSR count). The lowest BCUT2D eigenvalue weighted by atomic mass is 10.2. The van der Waals surface area contributed by atoms with Gasteiger partial charge in [0, 0.05) is 17.2 Å². The van der Waals surface area contributed by atoms with E-state index in [1.807, 2.05) is 25.1 Å². The van der Waals surface area contributed by atoms with E-state index in [0.29, 0.717) is 17.4 Å². The Morgan fingerprint density at radius 1 is 1.25 bits per heavy atom. The molecule has 0 fully saturated rings. The molecular formula is C13H13BrN6. The zero-order chi connectivity index (χ0) is 14.1. The van der Waals surface area contributed by atoms with E-state index in [1.54, 1.807) is 13.4 Å². The van der Waals surface area contributed by atoms with Crippen LogP contribution in [-0.2, 0) is 0 Å². The molecular weight excluding hydrogens is 320 g/mol. The van der Waals surface area contributed by atoms with E-state index in [1.165, 1.54) is 0 Å². The minimum Gasteiger partial charge on any atom is -0.357 e. The van der Waals surface area contributed by atoms with Crippen LogP contribution in [0.2, 0.25) is 0 Å². The number of aryl methyl sites for hydroxylation is 1. The third-order valence-corrected chi connectivity index (χ3v) is 3.44. The molecule has 0 radical (unpaired) electrons. The summed E-state index contributed by atoms with van der Waals surface area (Å²) >= 11 is 3.46. The number of hydrogen-bond acceptors (Lipinski definition) is 5. The first-order valence-electron chi connectivity index (χ1n) is 6.09. The number of anilines is 3. The second kappa shape index (κ2) is 5.09. The lowest BCUT2D eigenvalue weighted by Gasteiger charge is -2.10. The number of aromatic nitrogens is 4. The highest BCUT2D eigenvalue weighted by atomic mass is 79.9. The average Bonchev–Trinajstić information content (AvgIpc) is 2.90. The highest BCUT2D eigenvalue weighted by molar-refractivity contribution is 9.10. The minimum atomic E-state index is 0.530. The van der Waals surface area contributed by atoms with Gasteiger partial charge in [-0.3, -0.25) is 0 Å². The Labute approximate surface area is 124 Å². The summed E-state index contributed by atoms with van der Waals surface area (Å²) in [6, 6.07) is 6.04. The summed E-state index contributed by atoms with van der Waals surface area (Å²) < 4.78 is 1.05. The Balaban J connectivity index is 2.07. The molecule has 0 saturated heterocycles. The van der Waals surface area contributed by atoms with Gasteiger partial charge < -0.3 is 15.6 Å². The molecule has 3 aromatic rings. The van der Waals surface area contributed by atoms with Crippen LogP contribution in [0.4, 0.5) is 17.5 Å². The number of halogens is 1. The number of nitrogens with zero attached hydrogens (tertiary/aromatic N) is 3. The molecule has 0 spiro atoms. The Hall–Kier alpha value is -2.15. The molecule has 3 N–H and O–H groups in total. The molecule has 1 aromatic carbocycles. The fourth-order valence-corrected chi connectivity index (χ4v) is 2.41. The molecule has 2 aromatic heterocycles. The first-order chi connectivity index (χ1) is 9.67. The van der Waals surface area contributed by atoms with Gasteiger partial charge >= 0.3 is 0 Å². The smallest absolute Gasteiger partial charge is 0.226 e. The van der Waals surface area contributed by atoms with Crippen molar-refractivity contribution in [2.45, 2.75) is 6.92 Å². The summed E-state index contributed by atoms with van der Waals surface area (Å²) in [6.07, 6.45) is 1.61. The molecule has 0 unspecified atom stereocenters. The topological polar surface area (TPSA) is 78.5 Å². The number of fused-ring (bicyclic) bond motifs is 1. The van der Waals surface area contributed by atoms with Crippen molar-refractivity contribution in [3.63, 3.8) is 0 Å². The lowest BCUT2D eigenvalue weighted by Crippen LogP contribution is -2.02. The summed E-state index contributed by atoms with van der Waals surface area (Å²) in [5.41, 5.74) is 3.52. The van der Waals surface area contributed by atoms with Crippen LogP contribution < -0.4 is 10.6 Å². The average molecular weight is 333 g/mol. The molecule has 0 saturated carbocycles. The van der Waals surface area contributed by atoms with Crippen molar-refractivity contribution in [3.8, 4) is 0 Å². The highest BCUT2D eigenvalue weighted by Gasteiger charge is 2.10. The van der Waals surface area contributed by atoms with Gasteiger partial charge in [0.05, 0.1) is 6.33 Å². The molecule has 7 heteroatoms. The van der Waals surface area contributed by atoms with Crippen LogP contribution in [0.5, 0.6) is 0 Å². The predicted octanol–water partition coefficient (Wildman–Crippen LogP) is 3.21. The first-order valence-corrected chi connectivity index (χ1v) is 6.88. The Morgan fingerprint density at radius 3 is 2.85 bits per heavy atom. The summed E-state index contributed by atoms with van der Waals surface area (Å²) in [7, 11) is 1.78. The Kier molecular flexibility index (Phi) is 3.27. The highest BCUT2D eigenvalue weighted by Crippen LogP contribution is 2.26. The Bertz CT molecular complexity index is 767. The fourth-order valence-electron chi connectivity index (χ4n) is 1.93. The molecule has 0 bridgehead atoms. The largest absolute Gasteiger partial charge is 0.357 e. The van der Waals surface area contributed by atoms with Crippen molar-refractivity contribution in [2.75, 3.05) is 17.7 Å². The molecule has 0 aliphatic heterocycles. The van der Waals surface area contributed by atoms with Crippen LogP contribution in [-0.4, -0.2) is 27.0 Å². The third kappa shape index (κ3) is 2.32. The van der Waals surface area contributed by atoms with Crippen LogP contribution >= 0.6 is 15.9 Å². The number of H-pyrrole nitrogens is 1. The Morgan fingerprint density at radius 2 is 2.10 bits per heavy atom. The predicted molar refractivity (Wildman–Crippen MR) is 83.4 cm³/mol. The third-order valence-electron chi connectivity index (χ3n) is 2.95. The van der Waals surface area contributed by atoms with Gasteiger partial charge in [-0.1, -0.05) is 15.9 Å². The SMILES string of the molecule is CNc1nc(Nc2ccc(Br)cc2C)c2[nH]cnc2n1. The van der Waals surface area contributed by atoms with E-state index in [-0.39, 0.29) is 0 Å². The molecule has 2 heterocycles. The van der Waals surface area contributed by atoms with Crippen LogP contribution in [0.3, 0.4) is 0 Å². The number of rotatable bonds is 3. The number of nitrogens with one attached hydrogen (secondary N) is 3. The van der Waals surface area contributed by atoms with Gasteiger partial charge in [-0.25, -0.2) is 4.98 Å². The van der Waals surface area contributed by atoms with Gasteiger partial charge in [-0.2, -0.15) is 9.97 Å². The van der Waals surface area contributed by atoms with E-state index in [9.17, 15) is 0 Å². The molecule has 20 heavy (non-hydrogen) atoms. The number of benzene rings is 1. The van der Waals surface area contributed by atoms with E-state index in [0.717, 1.165) is 21.2 Å². The maximum Gasteiger partial charge on any atom is 0.226 e. The first kappa shape index (κ1) is 12.9. The van der Waals surface area contributed by atoms with Crippen LogP contribution in [0.25, 0.3) is 11.2 Å². The van der Waals surface area contributed by atoms with Crippen molar-refractivity contribution < 1.29 is 0 Å². The van der Waals surface area contributed by atoms with Crippen LogP contribution in [0.1, 0.15) is 5.56 Å². The van der Waals surface area contributed by atoms with Crippen LogP contribution in [0, 0.1) is 6.92 Å². The van der Waals surface area contributed by atoms with Gasteiger partial charge in [0.15, 0.2) is 11.5 Å². The van der Waals surface area contributed by atoms with Crippen LogP contribution in [0.15, 0.2) is 29.0 Å². The second-order valence-electron chi connectivity index (χ2n) is 4.33. The molecule has 0 amide bonds. The second-order valence-corrected chi connectivity index (χ2v) is 5.25. The molecule has 0 atom stereocenters. The van der Waals surface area contributed by atoms with E-state index in [2.05, 4.69) is 46.5 Å². The van der Waals surface area contributed by atoms with E-state index < -0.39 is 0 Å². The normalized spacial score (nSPS) is 10.8. The van der Waals surface area contributed by atoms with Gasteiger partial charge in [0.1, 0.15) is 5.52 Å². The van der Waals surface area contributed by atoms with Gasteiger partial charge in [0.25, 0.3) is 0 Å². The van der Waals surface area contributed by atoms with E-state index in [4.69, 9.17) is 0 Å². The van der Waals surface area contributed by atoms with Gasteiger partial charge in [0.2, 0.25) is 5.95 Å². The molecule has 6 nitrogen and oxygen atoms in total. The van der Waals surface area contributed by atoms with E-state index >= 15 is 0 Å². The van der Waals surface area contributed by atoms with Gasteiger partial charge in [-0.05, 0) is 30.7 Å². The monoisotopic (exact) mass is 332 g/mol. The minimum absolute atomic E-state index is 0.530. The van der Waals surface area contributed by atoms with Crippen molar-refractivity contribution in [3.05, 3.63) is 34.6 Å². The van der Waals surface area contributed by atoms with Crippen molar-refractivity contribution in [1.29, 1.82) is 0 Å². The molecule has 102 valence electrons. The summed E-state index contributed by atoms with van der Waals surface area (Å²) in [6.45, 7) is 2.04. The van der Waals surface area contributed by atoms with Gasteiger partial charge in [-0.15, -0.1) is 0 Å². The molecule has 0 aliphatic rings. The van der Waals surface area contributed by atoms with Crippen molar-refractivity contribution >= 4 is 44.5 Å². The number of aromatic amines is 1. The number of imidazole rings is 1. The lowest BCUT2D eigenvalue weighted by molar-refractivity contribution is 1.17. The van der Waals surface area contributed by atoms with Crippen molar-refractivity contribution in [2.24, 2.45) is 0 Å². The maximum absolute atomic E-state index is 4.43. The zero-order valence-corrected chi connectivity index (χ0v) is 12.6. The summed E-state index contributed by atoms with van der Waals surface area (Å²) in [4.78, 5) is 15.9. The summed E-state index contributed by atoms with van der Waals surface area (Å²) in [5.74, 6) is 1.23. The van der Waals surface area contributed by atoms with Crippen molar-refractivity contribution in [1.82, 2.24) is 19.9 Å². The maximum atomic E-state index is 4.43. The standard InChI is InChI=1S/C13H13BrN6/c1-7-5-8(14)3-4-9(7)18-12-10-11(17-6-16-10)19-13(15-2)20-12/h3-6H,1-2H3,(H3,15,16,17,18,19,20). The quantitative estimate of drug-likeness (QED) is 0.686. The fraction of sp³-hybridized carbons (Fsp3) is 0.154. The number of hydrogen-bond donors (Lipinski definition) is 3. The summed E-state index contributed by atoms with van der Waals surface area (Å²) in [5, 5.41) is 6.26.